The van der Waals surface area contributed by atoms with E-state index in [0.29, 0.717) is 6.61 Å². The molecular weight excluding hydrogens is 314 g/mol. The van der Waals surface area contributed by atoms with Gasteiger partial charge in [-0.3, -0.25) is 0 Å². The summed E-state index contributed by atoms with van der Waals surface area (Å²) < 4.78 is 10.7. The number of alkyl carbamates (subject to hydrolysis) is 1. The van der Waals surface area contributed by atoms with Gasteiger partial charge < -0.3 is 14.8 Å². The molecule has 0 saturated heterocycles. The molecule has 0 aromatic heterocycles. The minimum absolute atomic E-state index is 0.208. The highest BCUT2D eigenvalue weighted by Crippen LogP contribution is 2.26. The van der Waals surface area contributed by atoms with E-state index in [0.717, 1.165) is 23.7 Å². The van der Waals surface area contributed by atoms with Gasteiger partial charge in [-0.25, -0.2) is 4.79 Å². The van der Waals surface area contributed by atoms with Crippen LogP contribution < -0.4 is 10.1 Å². The molecule has 2 rings (SSSR count). The number of rotatable bonds is 5. The molecule has 136 valence electrons. The Bertz CT molecular complexity index is 616. The van der Waals surface area contributed by atoms with Crippen LogP contribution >= 0.6 is 0 Å². The van der Waals surface area contributed by atoms with Crippen molar-refractivity contribution in [3.8, 4) is 17.6 Å². The minimum Gasteiger partial charge on any atom is -0.490 e. The number of hydrogen-bond donors (Lipinski definition) is 1. The molecule has 0 bridgehead atoms. The van der Waals surface area contributed by atoms with Crippen molar-refractivity contribution in [1.29, 1.82) is 0 Å². The molecule has 1 fully saturated rings. The molecule has 25 heavy (non-hydrogen) atoms. The highest BCUT2D eigenvalue weighted by atomic mass is 16.6. The lowest BCUT2D eigenvalue weighted by Crippen LogP contribution is -2.41. The quantitative estimate of drug-likeness (QED) is 0.631. The first-order chi connectivity index (χ1) is 11.9. The molecule has 1 amide bonds. The third-order valence-corrected chi connectivity index (χ3v) is 3.99. The van der Waals surface area contributed by atoms with E-state index in [1.165, 1.54) is 25.7 Å². The zero-order chi connectivity index (χ0) is 18.1. The molecule has 0 radical (unpaired) electrons. The Morgan fingerprint density at radius 2 is 2.00 bits per heavy atom. The van der Waals surface area contributed by atoms with Crippen LogP contribution in [0.2, 0.25) is 0 Å². The first-order valence-corrected chi connectivity index (χ1v) is 9.09. The normalized spacial score (nSPS) is 14.5. The molecule has 0 spiro atoms. The number of carbonyl (C=O) groups excluding carboxylic acids is 1. The van der Waals surface area contributed by atoms with Gasteiger partial charge in [-0.05, 0) is 57.7 Å². The maximum atomic E-state index is 11.5. The number of hydrogen-bond acceptors (Lipinski definition) is 3. The van der Waals surface area contributed by atoms with Gasteiger partial charge >= 0.3 is 6.09 Å². The van der Waals surface area contributed by atoms with Crippen molar-refractivity contribution in [3.05, 3.63) is 29.8 Å². The van der Waals surface area contributed by atoms with E-state index in [2.05, 4.69) is 17.2 Å². The zero-order valence-corrected chi connectivity index (χ0v) is 15.6. The van der Waals surface area contributed by atoms with Crippen molar-refractivity contribution in [3.63, 3.8) is 0 Å². The fraction of sp³-hybridized carbons (Fsp3) is 0.571. The Hall–Kier alpha value is -2.15. The zero-order valence-electron chi connectivity index (χ0n) is 15.6. The van der Waals surface area contributed by atoms with Gasteiger partial charge in [0.25, 0.3) is 0 Å². The van der Waals surface area contributed by atoms with Gasteiger partial charge in [-0.2, -0.15) is 0 Å². The van der Waals surface area contributed by atoms with Gasteiger partial charge in [0.05, 0.1) is 0 Å². The molecule has 0 atom stereocenters. The average molecular weight is 343 g/mol. The first kappa shape index (κ1) is 19.2. The lowest BCUT2D eigenvalue weighted by molar-refractivity contribution is 0.118. The largest absolute Gasteiger partial charge is 0.490 e. The van der Waals surface area contributed by atoms with E-state index in [9.17, 15) is 4.79 Å². The van der Waals surface area contributed by atoms with E-state index in [-0.39, 0.29) is 12.1 Å². The summed E-state index contributed by atoms with van der Waals surface area (Å²) >= 11 is 0. The summed E-state index contributed by atoms with van der Waals surface area (Å²) in [6.45, 7) is 6.24. The molecule has 1 aliphatic carbocycles. The molecule has 0 heterocycles. The van der Waals surface area contributed by atoms with E-state index in [1.54, 1.807) is 0 Å². The lowest BCUT2D eigenvalue weighted by atomic mass is 10.0. The van der Waals surface area contributed by atoms with Crippen molar-refractivity contribution in [2.75, 3.05) is 13.2 Å². The topological polar surface area (TPSA) is 47.6 Å². The SMILES string of the molecule is CC(C)(C)NC(=O)OCCOc1cccc(C#CCC2CCCC2)c1. The number of nitrogens with one attached hydrogen (secondary N) is 1. The van der Waals surface area contributed by atoms with Gasteiger partial charge in [0.1, 0.15) is 19.0 Å². The summed E-state index contributed by atoms with van der Waals surface area (Å²) in [6, 6.07) is 7.73. The van der Waals surface area contributed by atoms with Gasteiger partial charge in [-0.15, -0.1) is 0 Å². The summed E-state index contributed by atoms with van der Waals surface area (Å²) in [7, 11) is 0. The van der Waals surface area contributed by atoms with E-state index < -0.39 is 6.09 Å². The predicted octanol–water partition coefficient (Wildman–Crippen LogP) is 4.52. The molecule has 1 aromatic carbocycles. The molecule has 4 nitrogen and oxygen atoms in total. The van der Waals surface area contributed by atoms with Gasteiger partial charge in [0.15, 0.2) is 0 Å². The third-order valence-electron chi connectivity index (χ3n) is 3.99. The van der Waals surface area contributed by atoms with Crippen LogP contribution in [0.15, 0.2) is 24.3 Å². The molecule has 1 N–H and O–H groups in total. The minimum atomic E-state index is -0.428. The van der Waals surface area contributed by atoms with Gasteiger partial charge in [0.2, 0.25) is 0 Å². The monoisotopic (exact) mass is 343 g/mol. The van der Waals surface area contributed by atoms with Crippen LogP contribution in [0.3, 0.4) is 0 Å². The van der Waals surface area contributed by atoms with Crippen LogP contribution in [0.5, 0.6) is 5.75 Å². The molecule has 1 aliphatic rings. The second kappa shape index (κ2) is 9.36. The molecule has 4 heteroatoms. The van der Waals surface area contributed by atoms with Gasteiger partial charge in [0, 0.05) is 17.5 Å². The van der Waals surface area contributed by atoms with Crippen molar-refractivity contribution in [1.82, 2.24) is 5.32 Å². The summed E-state index contributed by atoms with van der Waals surface area (Å²) in [5, 5.41) is 2.74. The number of ether oxygens (including phenoxy) is 2. The van der Waals surface area contributed by atoms with Crippen LogP contribution in [-0.4, -0.2) is 24.8 Å². The molecule has 1 saturated carbocycles. The van der Waals surface area contributed by atoms with Crippen LogP contribution in [0.1, 0.15) is 58.4 Å². The van der Waals surface area contributed by atoms with Crippen molar-refractivity contribution >= 4 is 6.09 Å². The van der Waals surface area contributed by atoms with E-state index in [1.807, 2.05) is 45.0 Å². The first-order valence-electron chi connectivity index (χ1n) is 9.09. The van der Waals surface area contributed by atoms with Crippen molar-refractivity contribution in [2.45, 2.75) is 58.4 Å². The summed E-state index contributed by atoms with van der Waals surface area (Å²) in [5.41, 5.74) is 0.658. The van der Waals surface area contributed by atoms with Crippen LogP contribution in [0.4, 0.5) is 4.79 Å². The van der Waals surface area contributed by atoms with E-state index in [4.69, 9.17) is 9.47 Å². The second-order valence-electron chi connectivity index (χ2n) is 7.54. The molecule has 0 aliphatic heterocycles. The van der Waals surface area contributed by atoms with Crippen LogP contribution in [-0.2, 0) is 4.74 Å². The Balaban J connectivity index is 1.72. The van der Waals surface area contributed by atoms with Gasteiger partial charge in [-0.1, -0.05) is 30.7 Å². The fourth-order valence-electron chi connectivity index (χ4n) is 2.81. The predicted molar refractivity (Wildman–Crippen MR) is 99.6 cm³/mol. The highest BCUT2D eigenvalue weighted by molar-refractivity contribution is 5.68. The number of carbonyl (C=O) groups is 1. The smallest absolute Gasteiger partial charge is 0.407 e. The van der Waals surface area contributed by atoms with Crippen molar-refractivity contribution in [2.24, 2.45) is 5.92 Å². The fourth-order valence-corrected chi connectivity index (χ4v) is 2.81. The molecule has 0 unspecified atom stereocenters. The maximum Gasteiger partial charge on any atom is 0.407 e. The Kier molecular flexibility index (Phi) is 7.18. The standard InChI is InChI=1S/C21H29NO3/c1-21(2,3)22-20(23)25-15-14-24-19-13-7-12-18(16-19)11-6-10-17-8-4-5-9-17/h7,12-13,16-17H,4-5,8-10,14-15H2,1-3H3,(H,22,23). The Labute approximate surface area is 151 Å². The summed E-state index contributed by atoms with van der Waals surface area (Å²) in [6.07, 6.45) is 5.91. The van der Waals surface area contributed by atoms with Crippen molar-refractivity contribution < 1.29 is 14.3 Å². The Morgan fingerprint density at radius 3 is 2.72 bits per heavy atom. The highest BCUT2D eigenvalue weighted by Gasteiger charge is 2.14. The van der Waals surface area contributed by atoms with E-state index >= 15 is 0 Å². The summed E-state index contributed by atoms with van der Waals surface area (Å²) in [5.74, 6) is 8.04. The Morgan fingerprint density at radius 1 is 1.24 bits per heavy atom. The number of benzene rings is 1. The molecular formula is C21H29NO3. The molecule has 1 aromatic rings. The number of amides is 1. The lowest BCUT2D eigenvalue weighted by Gasteiger charge is -2.19. The second-order valence-corrected chi connectivity index (χ2v) is 7.54. The average Bonchev–Trinajstić information content (AvgIpc) is 3.04. The third kappa shape index (κ3) is 7.98. The summed E-state index contributed by atoms with van der Waals surface area (Å²) in [4.78, 5) is 11.5. The maximum absolute atomic E-state index is 11.5. The van der Waals surface area contributed by atoms with Crippen LogP contribution in [0, 0.1) is 17.8 Å². The van der Waals surface area contributed by atoms with Crippen LogP contribution in [0.25, 0.3) is 0 Å².